The molecular formula is C14H22ClFN2O3S. The first-order chi connectivity index (χ1) is 10.1. The smallest absolute Gasteiger partial charge is 0.214 e. The second-order valence-corrected chi connectivity index (χ2v) is 6.97. The summed E-state index contributed by atoms with van der Waals surface area (Å²) >= 11 is 0. The fourth-order valence-corrected chi connectivity index (χ4v) is 4.23. The van der Waals surface area contributed by atoms with Gasteiger partial charge >= 0.3 is 0 Å². The Balaban J connectivity index is 0.00000242. The molecule has 0 aromatic heterocycles. The van der Waals surface area contributed by atoms with Crippen LogP contribution in [-0.4, -0.2) is 51.9 Å². The average Bonchev–Trinajstić information content (AvgIpc) is 2.53. The summed E-state index contributed by atoms with van der Waals surface area (Å²) in [7, 11) is -1.90. The van der Waals surface area contributed by atoms with Crippen molar-refractivity contribution in [2.75, 3.05) is 39.2 Å². The molecule has 1 saturated heterocycles. The molecule has 1 aromatic carbocycles. The predicted octanol–water partition coefficient (Wildman–Crippen LogP) is 1.75. The zero-order chi connectivity index (χ0) is 15.3. The number of ether oxygens (including phenoxy) is 1. The van der Waals surface area contributed by atoms with Gasteiger partial charge in [-0.05, 0) is 12.5 Å². The normalized spacial score (nSPS) is 19.5. The summed E-state index contributed by atoms with van der Waals surface area (Å²) in [4.78, 5) is 0. The molecule has 0 spiro atoms. The van der Waals surface area contributed by atoms with Crippen LogP contribution in [0, 0.1) is 0 Å². The van der Waals surface area contributed by atoms with E-state index in [1.54, 1.807) is 7.11 Å². The molecule has 1 heterocycles. The summed E-state index contributed by atoms with van der Waals surface area (Å²) in [6.07, 6.45) is 0.0326. The van der Waals surface area contributed by atoms with E-state index in [-0.39, 0.29) is 30.6 Å². The highest BCUT2D eigenvalue weighted by atomic mass is 35.5. The fourth-order valence-electron chi connectivity index (χ4n) is 2.58. The molecule has 0 amide bonds. The van der Waals surface area contributed by atoms with Gasteiger partial charge in [-0.3, -0.25) is 4.39 Å². The molecule has 8 heteroatoms. The van der Waals surface area contributed by atoms with E-state index in [1.807, 2.05) is 24.3 Å². The summed E-state index contributed by atoms with van der Waals surface area (Å²) < 4.78 is 44.0. The summed E-state index contributed by atoms with van der Waals surface area (Å²) in [6.45, 7) is 0.887. The van der Waals surface area contributed by atoms with Gasteiger partial charge in [0.2, 0.25) is 10.0 Å². The van der Waals surface area contributed by atoms with Crippen molar-refractivity contribution in [2.24, 2.45) is 0 Å². The molecule has 126 valence electrons. The Morgan fingerprint density at radius 1 is 1.41 bits per heavy atom. The Bertz CT molecular complexity index is 571. The number of nitrogens with zero attached hydrogens (tertiary/aromatic N) is 1. The van der Waals surface area contributed by atoms with Crippen molar-refractivity contribution in [3.63, 3.8) is 0 Å². The molecule has 1 fully saturated rings. The zero-order valence-electron chi connectivity index (χ0n) is 12.5. The third kappa shape index (κ3) is 4.32. The molecule has 0 radical (unpaired) electrons. The van der Waals surface area contributed by atoms with E-state index in [2.05, 4.69) is 5.32 Å². The van der Waals surface area contributed by atoms with Crippen molar-refractivity contribution in [2.45, 2.75) is 12.5 Å². The number of sulfonamides is 1. The van der Waals surface area contributed by atoms with Gasteiger partial charge in [0.25, 0.3) is 0 Å². The van der Waals surface area contributed by atoms with Gasteiger partial charge in [0.1, 0.15) is 5.75 Å². The second kappa shape index (κ2) is 8.67. The lowest BCUT2D eigenvalue weighted by Gasteiger charge is -2.36. The Morgan fingerprint density at radius 2 is 2.14 bits per heavy atom. The van der Waals surface area contributed by atoms with Crippen molar-refractivity contribution in [1.29, 1.82) is 0 Å². The zero-order valence-corrected chi connectivity index (χ0v) is 14.1. The summed E-state index contributed by atoms with van der Waals surface area (Å²) in [6, 6.07) is 7.07. The molecule has 22 heavy (non-hydrogen) atoms. The first-order valence-corrected chi connectivity index (χ1v) is 8.60. The summed E-state index contributed by atoms with van der Waals surface area (Å²) in [5, 5.41) is 3.21. The number of hydrogen-bond acceptors (Lipinski definition) is 4. The lowest BCUT2D eigenvalue weighted by molar-refractivity contribution is 0.264. The van der Waals surface area contributed by atoms with E-state index in [0.717, 1.165) is 5.56 Å². The molecule has 1 aliphatic heterocycles. The molecule has 1 aliphatic rings. The van der Waals surface area contributed by atoms with Crippen molar-refractivity contribution in [3.05, 3.63) is 29.8 Å². The first kappa shape index (κ1) is 19.2. The highest BCUT2D eigenvalue weighted by Crippen LogP contribution is 2.32. The van der Waals surface area contributed by atoms with Crippen LogP contribution in [0.2, 0.25) is 0 Å². The monoisotopic (exact) mass is 352 g/mol. The number of nitrogens with one attached hydrogen (secondary N) is 1. The molecule has 0 aliphatic carbocycles. The number of benzene rings is 1. The van der Waals surface area contributed by atoms with Crippen LogP contribution in [0.4, 0.5) is 4.39 Å². The Hall–Kier alpha value is -0.890. The minimum Gasteiger partial charge on any atom is -0.496 e. The van der Waals surface area contributed by atoms with Crippen molar-refractivity contribution < 1.29 is 17.5 Å². The van der Waals surface area contributed by atoms with E-state index >= 15 is 0 Å². The molecule has 5 nitrogen and oxygen atoms in total. The van der Waals surface area contributed by atoms with E-state index in [9.17, 15) is 12.8 Å². The van der Waals surface area contributed by atoms with Crippen LogP contribution in [-0.2, 0) is 10.0 Å². The number of halogens is 2. The average molecular weight is 353 g/mol. The van der Waals surface area contributed by atoms with E-state index in [0.29, 0.717) is 25.4 Å². The number of piperazine rings is 1. The largest absolute Gasteiger partial charge is 0.496 e. The second-order valence-electron chi connectivity index (χ2n) is 4.93. The lowest BCUT2D eigenvalue weighted by atomic mass is 10.0. The molecule has 1 atom stereocenters. The molecular weight excluding hydrogens is 331 g/mol. The number of rotatable bonds is 6. The Labute approximate surface area is 137 Å². The van der Waals surface area contributed by atoms with Gasteiger partial charge in [-0.2, -0.15) is 4.31 Å². The molecule has 0 bridgehead atoms. The Morgan fingerprint density at radius 3 is 2.82 bits per heavy atom. The van der Waals surface area contributed by atoms with Crippen LogP contribution in [0.15, 0.2) is 24.3 Å². The number of alkyl halides is 1. The van der Waals surface area contributed by atoms with Gasteiger partial charge in [0.15, 0.2) is 0 Å². The molecule has 1 unspecified atom stereocenters. The first-order valence-electron chi connectivity index (χ1n) is 6.99. The third-order valence-corrected chi connectivity index (χ3v) is 5.54. The molecule has 1 N–H and O–H groups in total. The Kier molecular flexibility index (Phi) is 7.55. The minimum atomic E-state index is -3.47. The highest BCUT2D eigenvalue weighted by Gasteiger charge is 2.34. The SMILES string of the molecule is COc1ccccc1C1CNCCN1S(=O)(=O)CCCF.Cl. The number of hydrogen-bond donors (Lipinski definition) is 1. The van der Waals surface area contributed by atoms with Gasteiger partial charge in [-0.1, -0.05) is 18.2 Å². The van der Waals surface area contributed by atoms with Crippen molar-refractivity contribution in [1.82, 2.24) is 9.62 Å². The number of methoxy groups -OCH3 is 1. The van der Waals surface area contributed by atoms with Crippen LogP contribution < -0.4 is 10.1 Å². The quantitative estimate of drug-likeness (QED) is 0.847. The van der Waals surface area contributed by atoms with Crippen LogP contribution in [0.25, 0.3) is 0 Å². The minimum absolute atomic E-state index is 0. The van der Waals surface area contributed by atoms with Gasteiger partial charge in [0.05, 0.1) is 25.6 Å². The van der Waals surface area contributed by atoms with Gasteiger partial charge < -0.3 is 10.1 Å². The van der Waals surface area contributed by atoms with Gasteiger partial charge in [-0.15, -0.1) is 12.4 Å². The maximum Gasteiger partial charge on any atom is 0.214 e. The van der Waals surface area contributed by atoms with Crippen LogP contribution >= 0.6 is 12.4 Å². The number of para-hydroxylation sites is 1. The maximum atomic E-state index is 12.4. The third-order valence-electron chi connectivity index (χ3n) is 3.59. The lowest BCUT2D eigenvalue weighted by Crippen LogP contribution is -2.49. The predicted molar refractivity (Wildman–Crippen MR) is 86.9 cm³/mol. The standard InChI is InChI=1S/C14H21FN2O3S.ClH/c1-20-14-6-3-2-5-12(14)13-11-16-8-9-17(13)21(18,19)10-4-7-15;/h2-3,5-6,13,16H,4,7-11H2,1H3;1H. The van der Waals surface area contributed by atoms with Crippen LogP contribution in [0.1, 0.15) is 18.0 Å². The molecule has 1 aromatic rings. The van der Waals surface area contributed by atoms with Crippen molar-refractivity contribution in [3.8, 4) is 5.75 Å². The topological polar surface area (TPSA) is 58.6 Å². The molecule has 0 saturated carbocycles. The van der Waals surface area contributed by atoms with E-state index in [4.69, 9.17) is 4.74 Å². The van der Waals surface area contributed by atoms with E-state index in [1.165, 1.54) is 4.31 Å². The van der Waals surface area contributed by atoms with E-state index < -0.39 is 16.7 Å². The van der Waals surface area contributed by atoms with Crippen molar-refractivity contribution >= 4 is 22.4 Å². The highest BCUT2D eigenvalue weighted by molar-refractivity contribution is 7.89. The maximum absolute atomic E-state index is 12.4. The van der Waals surface area contributed by atoms with Gasteiger partial charge in [-0.25, -0.2) is 8.42 Å². The molecule has 2 rings (SSSR count). The van der Waals surface area contributed by atoms with Gasteiger partial charge in [0, 0.05) is 25.2 Å². The van der Waals surface area contributed by atoms with Crippen LogP contribution in [0.3, 0.4) is 0 Å². The fraction of sp³-hybridized carbons (Fsp3) is 0.571. The summed E-state index contributed by atoms with van der Waals surface area (Å²) in [5.74, 6) is 0.506. The summed E-state index contributed by atoms with van der Waals surface area (Å²) in [5.41, 5.74) is 0.830. The van der Waals surface area contributed by atoms with Crippen LogP contribution in [0.5, 0.6) is 5.75 Å².